The monoisotopic (exact) mass is 376 g/mol. The van der Waals surface area contributed by atoms with E-state index < -0.39 is 6.36 Å². The van der Waals surface area contributed by atoms with Gasteiger partial charge in [0.1, 0.15) is 23.0 Å². The maximum Gasteiger partial charge on any atom is 0.573 e. The zero-order chi connectivity index (χ0) is 18.4. The Morgan fingerprint density at radius 2 is 1.60 bits per heavy atom. The molecule has 4 nitrogen and oxygen atoms in total. The molecule has 0 saturated heterocycles. The predicted molar refractivity (Wildman–Crippen MR) is 86.6 cm³/mol. The standard InChI is InChI=1S/C17H16ClF3O4/c1-11-9-12(22)10-15(18)16(11)24-8-2-7-23-13-3-5-14(6-4-13)25-17(19,20)21/h3-6,9-10,22H,2,7-8H2,1H3. The lowest BCUT2D eigenvalue weighted by Crippen LogP contribution is -2.17. The molecule has 1 N–H and O–H groups in total. The average Bonchev–Trinajstić information content (AvgIpc) is 2.49. The Balaban J connectivity index is 1.75. The quantitative estimate of drug-likeness (QED) is 0.683. The second kappa shape index (κ2) is 8.20. The minimum atomic E-state index is -4.71. The number of aryl methyl sites for hydroxylation is 1. The Bertz CT molecular complexity index is 679. The van der Waals surface area contributed by atoms with Crippen LogP contribution in [0, 0.1) is 6.92 Å². The van der Waals surface area contributed by atoms with Crippen LogP contribution in [0.25, 0.3) is 0 Å². The van der Waals surface area contributed by atoms with Gasteiger partial charge < -0.3 is 19.3 Å². The zero-order valence-electron chi connectivity index (χ0n) is 13.3. The molecule has 0 fully saturated rings. The number of benzene rings is 2. The molecule has 2 aromatic carbocycles. The average molecular weight is 377 g/mol. The van der Waals surface area contributed by atoms with Crippen LogP contribution in [-0.2, 0) is 0 Å². The summed E-state index contributed by atoms with van der Waals surface area (Å²) in [6.45, 7) is 2.41. The number of phenolic OH excluding ortho intramolecular Hbond substituents is 1. The number of aromatic hydroxyl groups is 1. The summed E-state index contributed by atoms with van der Waals surface area (Å²) in [5.74, 6) is 0.679. The molecule has 0 saturated carbocycles. The van der Waals surface area contributed by atoms with Gasteiger partial charge in [-0.2, -0.15) is 0 Å². The minimum absolute atomic E-state index is 0.0659. The summed E-state index contributed by atoms with van der Waals surface area (Å²) in [5, 5.41) is 9.72. The van der Waals surface area contributed by atoms with Crippen molar-refractivity contribution in [3.63, 3.8) is 0 Å². The van der Waals surface area contributed by atoms with Gasteiger partial charge in [-0.1, -0.05) is 11.6 Å². The third-order valence-corrected chi connectivity index (χ3v) is 3.36. The van der Waals surface area contributed by atoms with Crippen LogP contribution < -0.4 is 14.2 Å². The Hall–Kier alpha value is -2.28. The molecule has 136 valence electrons. The zero-order valence-corrected chi connectivity index (χ0v) is 14.0. The van der Waals surface area contributed by atoms with Gasteiger partial charge in [-0.3, -0.25) is 0 Å². The highest BCUT2D eigenvalue weighted by Gasteiger charge is 2.30. The number of ether oxygens (including phenoxy) is 3. The highest BCUT2D eigenvalue weighted by Crippen LogP contribution is 2.32. The molecule has 0 aromatic heterocycles. The van der Waals surface area contributed by atoms with Gasteiger partial charge >= 0.3 is 6.36 Å². The molecule has 25 heavy (non-hydrogen) atoms. The van der Waals surface area contributed by atoms with E-state index in [-0.39, 0.29) is 11.5 Å². The van der Waals surface area contributed by atoms with Gasteiger partial charge in [0.25, 0.3) is 0 Å². The normalized spacial score (nSPS) is 11.2. The van der Waals surface area contributed by atoms with Crippen molar-refractivity contribution >= 4 is 11.6 Å². The van der Waals surface area contributed by atoms with Crippen molar-refractivity contribution in [2.45, 2.75) is 19.7 Å². The molecule has 0 bridgehead atoms. The molecule has 0 aliphatic rings. The molecule has 0 aliphatic carbocycles. The molecule has 0 aliphatic heterocycles. The van der Waals surface area contributed by atoms with Crippen LogP contribution in [0.1, 0.15) is 12.0 Å². The van der Waals surface area contributed by atoms with Crippen molar-refractivity contribution in [2.75, 3.05) is 13.2 Å². The summed E-state index contributed by atoms with van der Waals surface area (Å²) in [5.41, 5.74) is 0.714. The van der Waals surface area contributed by atoms with Crippen LogP contribution in [0.15, 0.2) is 36.4 Å². The van der Waals surface area contributed by atoms with E-state index in [0.717, 1.165) is 0 Å². The molecule has 0 spiro atoms. The van der Waals surface area contributed by atoms with Crippen LogP contribution in [0.2, 0.25) is 5.02 Å². The Morgan fingerprint density at radius 3 is 2.20 bits per heavy atom. The van der Waals surface area contributed by atoms with E-state index in [4.69, 9.17) is 21.1 Å². The van der Waals surface area contributed by atoms with E-state index in [1.165, 1.54) is 30.3 Å². The summed E-state index contributed by atoms with van der Waals surface area (Å²) in [4.78, 5) is 0. The van der Waals surface area contributed by atoms with Crippen molar-refractivity contribution in [1.29, 1.82) is 0 Å². The van der Waals surface area contributed by atoms with Crippen LogP contribution in [0.5, 0.6) is 23.0 Å². The fourth-order valence-electron chi connectivity index (χ4n) is 2.06. The van der Waals surface area contributed by atoms with E-state index in [9.17, 15) is 18.3 Å². The van der Waals surface area contributed by atoms with Crippen molar-refractivity contribution in [1.82, 2.24) is 0 Å². The second-order valence-electron chi connectivity index (χ2n) is 5.14. The Morgan fingerprint density at radius 1 is 1.00 bits per heavy atom. The number of rotatable bonds is 7. The van der Waals surface area contributed by atoms with Crippen molar-refractivity contribution in [2.24, 2.45) is 0 Å². The molecule has 0 heterocycles. The molecule has 0 atom stereocenters. The van der Waals surface area contributed by atoms with Gasteiger partial charge in [-0.25, -0.2) is 0 Å². The van der Waals surface area contributed by atoms with E-state index in [2.05, 4.69) is 4.74 Å². The van der Waals surface area contributed by atoms with Crippen molar-refractivity contribution in [3.8, 4) is 23.0 Å². The summed E-state index contributed by atoms with van der Waals surface area (Å²) >= 11 is 6.00. The summed E-state index contributed by atoms with van der Waals surface area (Å²) in [6, 6.07) is 8.08. The summed E-state index contributed by atoms with van der Waals surface area (Å²) in [6.07, 6.45) is -4.18. The lowest BCUT2D eigenvalue weighted by atomic mass is 10.2. The number of phenols is 1. The maximum absolute atomic E-state index is 12.1. The van der Waals surface area contributed by atoms with Gasteiger partial charge in [-0.15, -0.1) is 13.2 Å². The van der Waals surface area contributed by atoms with Crippen LogP contribution in [0.3, 0.4) is 0 Å². The lowest BCUT2D eigenvalue weighted by molar-refractivity contribution is -0.274. The van der Waals surface area contributed by atoms with E-state index in [1.807, 2.05) is 0 Å². The fourth-order valence-corrected chi connectivity index (χ4v) is 2.37. The maximum atomic E-state index is 12.1. The van der Waals surface area contributed by atoms with E-state index in [0.29, 0.717) is 41.7 Å². The van der Waals surface area contributed by atoms with Crippen molar-refractivity contribution in [3.05, 3.63) is 47.0 Å². The van der Waals surface area contributed by atoms with Crippen molar-refractivity contribution < 1.29 is 32.5 Å². The third-order valence-electron chi connectivity index (χ3n) is 3.08. The predicted octanol–water partition coefficient (Wildman–Crippen LogP) is 5.10. The molecular weight excluding hydrogens is 361 g/mol. The largest absolute Gasteiger partial charge is 0.573 e. The third kappa shape index (κ3) is 6.26. The molecule has 0 amide bonds. The first-order valence-electron chi connectivity index (χ1n) is 7.35. The molecule has 8 heteroatoms. The first-order chi connectivity index (χ1) is 11.7. The first-order valence-corrected chi connectivity index (χ1v) is 7.73. The van der Waals surface area contributed by atoms with Gasteiger partial charge in [0.2, 0.25) is 0 Å². The molecular formula is C17H16ClF3O4. The van der Waals surface area contributed by atoms with E-state index in [1.54, 1.807) is 13.0 Å². The topological polar surface area (TPSA) is 47.9 Å². The first kappa shape index (κ1) is 19.1. The number of alkyl halides is 3. The molecule has 0 radical (unpaired) electrons. The summed E-state index contributed by atoms with van der Waals surface area (Å²) in [7, 11) is 0. The fraction of sp³-hybridized carbons (Fsp3) is 0.294. The smallest absolute Gasteiger partial charge is 0.508 e. The van der Waals surface area contributed by atoms with E-state index >= 15 is 0 Å². The molecule has 0 unspecified atom stereocenters. The van der Waals surface area contributed by atoms with Gasteiger partial charge in [0, 0.05) is 12.5 Å². The SMILES string of the molecule is Cc1cc(O)cc(Cl)c1OCCCOc1ccc(OC(F)(F)F)cc1. The van der Waals surface area contributed by atoms with Crippen LogP contribution in [0.4, 0.5) is 13.2 Å². The minimum Gasteiger partial charge on any atom is -0.508 e. The molecule has 2 aromatic rings. The number of hydrogen-bond donors (Lipinski definition) is 1. The lowest BCUT2D eigenvalue weighted by Gasteiger charge is -2.12. The van der Waals surface area contributed by atoms with Gasteiger partial charge in [0.05, 0.1) is 18.2 Å². The highest BCUT2D eigenvalue weighted by atomic mass is 35.5. The number of hydrogen-bond acceptors (Lipinski definition) is 4. The Kier molecular flexibility index (Phi) is 6.25. The van der Waals surface area contributed by atoms with Crippen LogP contribution >= 0.6 is 11.6 Å². The van der Waals surface area contributed by atoms with Crippen LogP contribution in [-0.4, -0.2) is 24.7 Å². The van der Waals surface area contributed by atoms with Gasteiger partial charge in [-0.05, 0) is 42.8 Å². The number of halogens is 4. The summed E-state index contributed by atoms with van der Waals surface area (Å²) < 4.78 is 50.9. The molecule has 2 rings (SSSR count). The second-order valence-corrected chi connectivity index (χ2v) is 5.55. The highest BCUT2D eigenvalue weighted by molar-refractivity contribution is 6.32. The van der Waals surface area contributed by atoms with Gasteiger partial charge in [0.15, 0.2) is 0 Å². The Labute approximate surface area is 147 Å².